The van der Waals surface area contributed by atoms with Crippen LogP contribution in [0.4, 0.5) is 9.93 Å². The number of nitrogens with one attached hydrogen (secondary N) is 2. The van der Waals surface area contributed by atoms with Crippen LogP contribution in [-0.4, -0.2) is 25.2 Å². The number of urea groups is 1. The maximum absolute atomic E-state index is 12.2. The fraction of sp³-hybridized carbons (Fsp3) is 0.273. The number of nitrogens with zero attached hydrogens (tertiary/aromatic N) is 1. The number of benzene rings is 2. The minimum absolute atomic E-state index is 0.309. The fourth-order valence-electron chi connectivity index (χ4n) is 2.82. The molecule has 0 radical (unpaired) electrons. The number of anilines is 1. The summed E-state index contributed by atoms with van der Waals surface area (Å²) in [4.78, 5) is 16.7. The molecule has 0 saturated heterocycles. The Bertz CT molecular complexity index is 968. The number of hydrogen-bond donors (Lipinski definition) is 2. The van der Waals surface area contributed by atoms with Gasteiger partial charge < -0.3 is 14.8 Å². The SMILES string of the molecule is COc1ccc(CNC(=O)Nc2nc(-c3ccc(C(C)C)cc3)cs2)cc1OC. The van der Waals surface area contributed by atoms with Gasteiger partial charge in [0.15, 0.2) is 16.6 Å². The van der Waals surface area contributed by atoms with Crippen molar-refractivity contribution in [1.82, 2.24) is 10.3 Å². The average Bonchev–Trinajstić information content (AvgIpc) is 3.20. The molecule has 1 heterocycles. The van der Waals surface area contributed by atoms with E-state index < -0.39 is 0 Å². The third kappa shape index (κ3) is 5.26. The average molecular weight is 412 g/mol. The summed E-state index contributed by atoms with van der Waals surface area (Å²) in [6.07, 6.45) is 0. The Morgan fingerprint density at radius 2 is 1.79 bits per heavy atom. The van der Waals surface area contributed by atoms with E-state index in [1.54, 1.807) is 14.2 Å². The van der Waals surface area contributed by atoms with E-state index in [0.717, 1.165) is 16.8 Å². The minimum atomic E-state index is -0.309. The minimum Gasteiger partial charge on any atom is -0.493 e. The second-order valence-electron chi connectivity index (χ2n) is 6.81. The van der Waals surface area contributed by atoms with Crippen LogP contribution in [0.5, 0.6) is 11.5 Å². The summed E-state index contributed by atoms with van der Waals surface area (Å²) in [5, 5.41) is 8.10. The molecule has 3 rings (SSSR count). The molecular formula is C22H25N3O3S. The highest BCUT2D eigenvalue weighted by Gasteiger charge is 2.10. The molecule has 0 atom stereocenters. The molecule has 0 aliphatic rings. The lowest BCUT2D eigenvalue weighted by molar-refractivity contribution is 0.251. The maximum Gasteiger partial charge on any atom is 0.321 e. The van der Waals surface area contributed by atoms with E-state index in [4.69, 9.17) is 9.47 Å². The van der Waals surface area contributed by atoms with Crippen LogP contribution < -0.4 is 20.1 Å². The van der Waals surface area contributed by atoms with Crippen molar-refractivity contribution in [3.05, 3.63) is 59.0 Å². The molecule has 0 unspecified atom stereocenters. The predicted octanol–water partition coefficient (Wildman–Crippen LogP) is 5.27. The first-order chi connectivity index (χ1) is 14.0. The Kier molecular flexibility index (Phi) is 6.72. The Balaban J connectivity index is 1.57. The van der Waals surface area contributed by atoms with E-state index in [1.165, 1.54) is 16.9 Å². The van der Waals surface area contributed by atoms with Gasteiger partial charge in [0.1, 0.15) is 0 Å². The van der Waals surface area contributed by atoms with Gasteiger partial charge in [0.05, 0.1) is 19.9 Å². The molecule has 0 aliphatic carbocycles. The number of aromatic nitrogens is 1. The molecule has 3 aromatic rings. The van der Waals surface area contributed by atoms with Crippen LogP contribution in [0.3, 0.4) is 0 Å². The molecule has 0 bridgehead atoms. The Morgan fingerprint density at radius 3 is 2.45 bits per heavy atom. The van der Waals surface area contributed by atoms with Crippen LogP contribution in [0, 0.1) is 0 Å². The molecule has 1 aromatic heterocycles. The monoisotopic (exact) mass is 411 g/mol. The quantitative estimate of drug-likeness (QED) is 0.555. The van der Waals surface area contributed by atoms with Gasteiger partial charge in [0.2, 0.25) is 0 Å². The topological polar surface area (TPSA) is 72.5 Å². The molecule has 2 amide bonds. The number of ether oxygens (including phenoxy) is 2. The normalized spacial score (nSPS) is 10.7. The first kappa shape index (κ1) is 20.7. The van der Waals surface area contributed by atoms with Gasteiger partial charge in [0, 0.05) is 17.5 Å². The third-order valence-electron chi connectivity index (χ3n) is 4.50. The van der Waals surface area contributed by atoms with Gasteiger partial charge in [-0.15, -0.1) is 11.3 Å². The van der Waals surface area contributed by atoms with Crippen molar-refractivity contribution < 1.29 is 14.3 Å². The molecule has 0 spiro atoms. The molecular weight excluding hydrogens is 386 g/mol. The van der Waals surface area contributed by atoms with E-state index in [9.17, 15) is 4.79 Å². The van der Waals surface area contributed by atoms with Crippen molar-refractivity contribution >= 4 is 22.5 Å². The van der Waals surface area contributed by atoms with Gasteiger partial charge in [-0.3, -0.25) is 5.32 Å². The molecule has 7 heteroatoms. The van der Waals surface area contributed by atoms with Crippen LogP contribution >= 0.6 is 11.3 Å². The zero-order chi connectivity index (χ0) is 20.8. The van der Waals surface area contributed by atoms with Gasteiger partial charge in [-0.25, -0.2) is 9.78 Å². The lowest BCUT2D eigenvalue weighted by Crippen LogP contribution is -2.28. The van der Waals surface area contributed by atoms with Crippen molar-refractivity contribution in [3.8, 4) is 22.8 Å². The number of carbonyl (C=O) groups excluding carboxylic acids is 1. The molecule has 152 valence electrons. The van der Waals surface area contributed by atoms with Gasteiger partial charge in [-0.1, -0.05) is 44.2 Å². The number of hydrogen-bond acceptors (Lipinski definition) is 5. The number of rotatable bonds is 7. The maximum atomic E-state index is 12.2. The zero-order valence-electron chi connectivity index (χ0n) is 17.0. The van der Waals surface area contributed by atoms with Gasteiger partial charge in [-0.05, 0) is 29.2 Å². The first-order valence-electron chi connectivity index (χ1n) is 9.31. The van der Waals surface area contributed by atoms with Crippen molar-refractivity contribution in [2.24, 2.45) is 0 Å². The Morgan fingerprint density at radius 1 is 1.07 bits per heavy atom. The number of methoxy groups -OCH3 is 2. The molecule has 2 aromatic carbocycles. The summed E-state index contributed by atoms with van der Waals surface area (Å²) in [5.74, 6) is 1.77. The number of carbonyl (C=O) groups is 1. The molecule has 0 aliphatic heterocycles. The standard InChI is InChI=1S/C22H25N3O3S/c1-14(2)16-6-8-17(9-7-16)18-13-29-22(24-18)25-21(26)23-12-15-5-10-19(27-3)20(11-15)28-4/h5-11,13-14H,12H2,1-4H3,(H2,23,24,25,26). The van der Waals surface area contributed by atoms with Gasteiger partial charge in [-0.2, -0.15) is 0 Å². The highest BCUT2D eigenvalue weighted by Crippen LogP contribution is 2.28. The summed E-state index contributed by atoms with van der Waals surface area (Å²) in [6.45, 7) is 4.70. The number of amides is 2. The highest BCUT2D eigenvalue weighted by molar-refractivity contribution is 7.14. The molecule has 29 heavy (non-hydrogen) atoms. The van der Waals surface area contributed by atoms with E-state index in [1.807, 2.05) is 23.6 Å². The molecule has 6 nitrogen and oxygen atoms in total. The fourth-order valence-corrected chi connectivity index (χ4v) is 3.53. The van der Waals surface area contributed by atoms with Crippen molar-refractivity contribution in [3.63, 3.8) is 0 Å². The third-order valence-corrected chi connectivity index (χ3v) is 5.26. The molecule has 2 N–H and O–H groups in total. The lowest BCUT2D eigenvalue weighted by Gasteiger charge is -2.10. The Labute approximate surface area is 174 Å². The summed E-state index contributed by atoms with van der Waals surface area (Å²) in [7, 11) is 3.17. The molecule has 0 saturated carbocycles. The van der Waals surface area contributed by atoms with Crippen LogP contribution in [0.15, 0.2) is 47.8 Å². The second kappa shape index (κ2) is 9.43. The van der Waals surface area contributed by atoms with E-state index in [2.05, 4.69) is 53.7 Å². The van der Waals surface area contributed by atoms with Crippen molar-refractivity contribution in [1.29, 1.82) is 0 Å². The first-order valence-corrected chi connectivity index (χ1v) is 10.2. The van der Waals surface area contributed by atoms with Crippen LogP contribution in [0.2, 0.25) is 0 Å². The highest BCUT2D eigenvalue weighted by atomic mass is 32.1. The van der Waals surface area contributed by atoms with E-state index in [-0.39, 0.29) is 6.03 Å². The smallest absolute Gasteiger partial charge is 0.321 e. The van der Waals surface area contributed by atoms with Crippen LogP contribution in [0.25, 0.3) is 11.3 Å². The van der Waals surface area contributed by atoms with E-state index >= 15 is 0 Å². The lowest BCUT2D eigenvalue weighted by atomic mass is 10.0. The summed E-state index contributed by atoms with van der Waals surface area (Å²) < 4.78 is 10.5. The second-order valence-corrected chi connectivity index (χ2v) is 7.67. The van der Waals surface area contributed by atoms with Gasteiger partial charge >= 0.3 is 6.03 Å². The van der Waals surface area contributed by atoms with Crippen molar-refractivity contribution in [2.45, 2.75) is 26.3 Å². The summed E-state index contributed by atoms with van der Waals surface area (Å²) in [5.41, 5.74) is 4.07. The van der Waals surface area contributed by atoms with E-state index in [0.29, 0.717) is 29.1 Å². The summed E-state index contributed by atoms with van der Waals surface area (Å²) >= 11 is 1.40. The van der Waals surface area contributed by atoms with Crippen LogP contribution in [0.1, 0.15) is 30.9 Å². The van der Waals surface area contributed by atoms with Crippen LogP contribution in [-0.2, 0) is 6.54 Å². The molecule has 0 fully saturated rings. The summed E-state index contributed by atoms with van der Waals surface area (Å²) in [6, 6.07) is 13.6. The Hall–Kier alpha value is -3.06. The largest absolute Gasteiger partial charge is 0.493 e. The predicted molar refractivity (Wildman–Crippen MR) is 117 cm³/mol. The zero-order valence-corrected chi connectivity index (χ0v) is 17.8. The van der Waals surface area contributed by atoms with Gasteiger partial charge in [0.25, 0.3) is 0 Å². The number of thiazole rings is 1. The van der Waals surface area contributed by atoms with Crippen molar-refractivity contribution in [2.75, 3.05) is 19.5 Å².